The standard InChI is InChI=1S/C36H57NO5/c1-5-7-8-9-10-11-12-13-14-15-16-17-18-19-20-21-32(39)42-29-24-25-36(40)31(37-3)26-28-22-23-30(38)34(41-4)33(28)35(36,6-2)27-29/h13-14,22-24,31,37-38,40H,5-12,15-21,25-27H2,1-4H3/b14-13-/t31-,35-,36-/m1/s1. The summed E-state index contributed by atoms with van der Waals surface area (Å²) in [6.07, 6.45) is 24.8. The molecule has 3 rings (SSSR count). The smallest absolute Gasteiger partial charge is 0.310 e. The van der Waals surface area contributed by atoms with Gasteiger partial charge in [0.25, 0.3) is 0 Å². The van der Waals surface area contributed by atoms with Crippen LogP contribution in [0.15, 0.2) is 36.1 Å². The Hall–Kier alpha value is -2.31. The van der Waals surface area contributed by atoms with Crippen molar-refractivity contribution in [3.63, 3.8) is 0 Å². The molecule has 2 aliphatic carbocycles. The molecule has 2 aliphatic rings. The lowest BCUT2D eigenvalue weighted by Crippen LogP contribution is -2.67. The normalized spacial score (nSPS) is 23.4. The average molecular weight is 584 g/mol. The van der Waals surface area contributed by atoms with Crippen molar-refractivity contribution in [2.75, 3.05) is 14.2 Å². The maximum atomic E-state index is 12.8. The van der Waals surface area contributed by atoms with Gasteiger partial charge in [-0.1, -0.05) is 83.4 Å². The third-order valence-electron chi connectivity index (χ3n) is 9.69. The molecule has 1 aromatic rings. The van der Waals surface area contributed by atoms with Crippen molar-refractivity contribution in [2.24, 2.45) is 0 Å². The van der Waals surface area contributed by atoms with Gasteiger partial charge in [-0.25, -0.2) is 0 Å². The number of fused-ring (bicyclic) bond motifs is 3. The molecule has 0 saturated heterocycles. The average Bonchev–Trinajstić information content (AvgIpc) is 2.99. The van der Waals surface area contributed by atoms with Crippen LogP contribution in [0.4, 0.5) is 0 Å². The number of carbonyl (C=O) groups excluding carboxylic acids is 1. The molecule has 0 spiro atoms. The van der Waals surface area contributed by atoms with Crippen LogP contribution in [-0.4, -0.2) is 42.0 Å². The van der Waals surface area contributed by atoms with E-state index in [9.17, 15) is 15.0 Å². The summed E-state index contributed by atoms with van der Waals surface area (Å²) >= 11 is 0. The maximum Gasteiger partial charge on any atom is 0.310 e. The number of likely N-dealkylation sites (N-methyl/N-ethyl adjacent to an activating group) is 1. The quantitative estimate of drug-likeness (QED) is 0.0865. The highest BCUT2D eigenvalue weighted by atomic mass is 16.5. The molecule has 0 bridgehead atoms. The number of unbranched alkanes of at least 4 members (excludes halogenated alkanes) is 11. The lowest BCUT2D eigenvalue weighted by atomic mass is 9.52. The fourth-order valence-electron chi connectivity index (χ4n) is 7.23. The number of esters is 1. The number of hydrogen-bond donors (Lipinski definition) is 3. The number of aliphatic hydroxyl groups is 1. The Morgan fingerprint density at radius 3 is 2.26 bits per heavy atom. The number of rotatable bonds is 19. The van der Waals surface area contributed by atoms with Crippen molar-refractivity contribution in [3.8, 4) is 11.5 Å². The predicted octanol–water partition coefficient (Wildman–Crippen LogP) is 8.18. The summed E-state index contributed by atoms with van der Waals surface area (Å²) in [7, 11) is 3.43. The highest BCUT2D eigenvalue weighted by Gasteiger charge is 2.60. The van der Waals surface area contributed by atoms with E-state index in [1.165, 1.54) is 57.8 Å². The minimum atomic E-state index is -1.11. The number of ether oxygens (including phenoxy) is 2. The van der Waals surface area contributed by atoms with Gasteiger partial charge in [0, 0.05) is 36.3 Å². The molecule has 42 heavy (non-hydrogen) atoms. The molecule has 236 valence electrons. The summed E-state index contributed by atoms with van der Waals surface area (Å²) in [5.74, 6) is 0.863. The van der Waals surface area contributed by atoms with E-state index in [2.05, 4.69) is 24.4 Å². The molecule has 3 N–H and O–H groups in total. The van der Waals surface area contributed by atoms with E-state index < -0.39 is 11.0 Å². The summed E-state index contributed by atoms with van der Waals surface area (Å²) in [5.41, 5.74) is 0.00666. The van der Waals surface area contributed by atoms with Crippen LogP contribution in [0, 0.1) is 0 Å². The van der Waals surface area contributed by atoms with E-state index >= 15 is 0 Å². The lowest BCUT2D eigenvalue weighted by Gasteiger charge is -2.57. The van der Waals surface area contributed by atoms with Crippen LogP contribution in [0.2, 0.25) is 0 Å². The van der Waals surface area contributed by atoms with Gasteiger partial charge in [0.15, 0.2) is 11.5 Å². The second-order valence-corrected chi connectivity index (χ2v) is 12.4. The zero-order valence-corrected chi connectivity index (χ0v) is 26.8. The van der Waals surface area contributed by atoms with Gasteiger partial charge in [-0.05, 0) is 69.7 Å². The number of phenols is 1. The van der Waals surface area contributed by atoms with Crippen LogP contribution in [0.25, 0.3) is 0 Å². The third-order valence-corrected chi connectivity index (χ3v) is 9.69. The zero-order chi connectivity index (χ0) is 30.4. The number of benzene rings is 1. The zero-order valence-electron chi connectivity index (χ0n) is 26.8. The van der Waals surface area contributed by atoms with E-state index in [1.54, 1.807) is 13.2 Å². The second-order valence-electron chi connectivity index (χ2n) is 12.4. The Kier molecular flexibility index (Phi) is 13.9. The number of allylic oxidation sites excluding steroid dienone is 3. The van der Waals surface area contributed by atoms with E-state index in [0.717, 1.165) is 36.8 Å². The second kappa shape index (κ2) is 17.1. The molecule has 0 radical (unpaired) electrons. The Morgan fingerprint density at radius 1 is 1.00 bits per heavy atom. The van der Waals surface area contributed by atoms with Gasteiger partial charge in [-0.3, -0.25) is 4.79 Å². The first kappa shape index (κ1) is 34.2. The fourth-order valence-corrected chi connectivity index (χ4v) is 7.23. The van der Waals surface area contributed by atoms with Crippen molar-refractivity contribution in [1.82, 2.24) is 5.32 Å². The maximum absolute atomic E-state index is 12.8. The molecule has 0 saturated carbocycles. The predicted molar refractivity (Wildman–Crippen MR) is 171 cm³/mol. The van der Waals surface area contributed by atoms with Gasteiger partial charge in [0.05, 0.1) is 12.7 Å². The summed E-state index contributed by atoms with van der Waals surface area (Å²) < 4.78 is 11.6. The minimum absolute atomic E-state index is 0.0617. The molecule has 6 nitrogen and oxygen atoms in total. The number of carbonyl (C=O) groups is 1. The number of methoxy groups -OCH3 is 1. The highest BCUT2D eigenvalue weighted by molar-refractivity contribution is 5.70. The molecule has 1 aromatic carbocycles. The highest BCUT2D eigenvalue weighted by Crippen LogP contribution is 2.58. The Balaban J connectivity index is 1.44. The first-order valence-corrected chi connectivity index (χ1v) is 16.7. The first-order valence-electron chi connectivity index (χ1n) is 16.7. The van der Waals surface area contributed by atoms with Crippen LogP contribution in [0.1, 0.15) is 134 Å². The molecular formula is C36H57NO5. The molecule has 0 fully saturated rings. The summed E-state index contributed by atoms with van der Waals surface area (Å²) in [5, 5.41) is 26.1. The Labute approximate surface area is 255 Å². The molecule has 0 heterocycles. The molecule has 0 amide bonds. The van der Waals surface area contributed by atoms with Crippen LogP contribution in [0.3, 0.4) is 0 Å². The van der Waals surface area contributed by atoms with Gasteiger partial charge in [0.1, 0.15) is 5.76 Å². The lowest BCUT2D eigenvalue weighted by molar-refractivity contribution is -0.142. The van der Waals surface area contributed by atoms with E-state index in [-0.39, 0.29) is 17.8 Å². The van der Waals surface area contributed by atoms with Crippen LogP contribution in [-0.2, 0) is 21.4 Å². The largest absolute Gasteiger partial charge is 0.504 e. The van der Waals surface area contributed by atoms with E-state index in [4.69, 9.17) is 9.47 Å². The van der Waals surface area contributed by atoms with Gasteiger partial charge in [-0.2, -0.15) is 0 Å². The first-order chi connectivity index (χ1) is 20.4. The van der Waals surface area contributed by atoms with Gasteiger partial charge < -0.3 is 25.0 Å². The van der Waals surface area contributed by atoms with Crippen LogP contribution < -0.4 is 10.1 Å². The summed E-state index contributed by atoms with van der Waals surface area (Å²) in [6.45, 7) is 4.31. The van der Waals surface area contributed by atoms with Crippen LogP contribution in [0.5, 0.6) is 11.5 Å². The topological polar surface area (TPSA) is 88.0 Å². The SMILES string of the molecule is CCCCCCCC/C=C\CCCCCCCC(=O)OC1=CC[C@@]2(O)[C@H](NC)Cc3ccc(O)c(OC)c3[C@@]2(CC)C1. The number of nitrogens with one attached hydrogen (secondary N) is 1. The van der Waals surface area contributed by atoms with Crippen LogP contribution >= 0.6 is 0 Å². The minimum Gasteiger partial charge on any atom is -0.504 e. The molecular weight excluding hydrogens is 526 g/mol. The monoisotopic (exact) mass is 583 g/mol. The number of phenolic OH excluding ortho intramolecular Hbond substituents is 1. The Bertz CT molecular complexity index is 1050. The van der Waals surface area contributed by atoms with Gasteiger partial charge in [-0.15, -0.1) is 0 Å². The van der Waals surface area contributed by atoms with Crippen molar-refractivity contribution >= 4 is 5.97 Å². The van der Waals surface area contributed by atoms with Gasteiger partial charge in [0.2, 0.25) is 0 Å². The number of hydrogen-bond acceptors (Lipinski definition) is 6. The third kappa shape index (κ3) is 8.19. The molecule has 0 unspecified atom stereocenters. The van der Waals surface area contributed by atoms with Crippen molar-refractivity contribution in [2.45, 2.75) is 146 Å². The van der Waals surface area contributed by atoms with Gasteiger partial charge >= 0.3 is 5.97 Å². The van der Waals surface area contributed by atoms with Crippen molar-refractivity contribution in [1.29, 1.82) is 0 Å². The molecule has 0 aliphatic heterocycles. The molecule has 3 atom stereocenters. The summed E-state index contributed by atoms with van der Waals surface area (Å²) in [6, 6.07) is 3.40. The van der Waals surface area contributed by atoms with Crippen molar-refractivity contribution in [3.05, 3.63) is 47.2 Å². The molecule has 6 heteroatoms. The fraction of sp³-hybridized carbons (Fsp3) is 0.694. The Morgan fingerprint density at radius 2 is 1.64 bits per heavy atom. The van der Waals surface area contributed by atoms with Crippen molar-refractivity contribution < 1.29 is 24.5 Å². The van der Waals surface area contributed by atoms with E-state index in [1.807, 2.05) is 26.1 Å². The summed E-state index contributed by atoms with van der Waals surface area (Å²) in [4.78, 5) is 12.8. The number of aromatic hydroxyl groups is 1. The molecule has 0 aromatic heterocycles. The van der Waals surface area contributed by atoms with E-state index in [0.29, 0.717) is 43.6 Å².